The molecule has 1 saturated carbocycles. The summed E-state index contributed by atoms with van der Waals surface area (Å²) < 4.78 is 11.6. The monoisotopic (exact) mass is 319 g/mol. The third-order valence-electron chi connectivity index (χ3n) is 5.34. The molecule has 1 aromatic carbocycles. The van der Waals surface area contributed by atoms with Crippen molar-refractivity contribution in [3.8, 4) is 5.75 Å². The Hall–Kier alpha value is -1.10. The van der Waals surface area contributed by atoms with Crippen molar-refractivity contribution < 1.29 is 14.6 Å². The Bertz CT molecular complexity index is 531. The van der Waals surface area contributed by atoms with Crippen LogP contribution in [-0.2, 0) is 4.74 Å². The lowest BCUT2D eigenvalue weighted by Gasteiger charge is -2.60. The van der Waals surface area contributed by atoms with Gasteiger partial charge in [0, 0.05) is 30.5 Å². The molecule has 2 N–H and O–H groups in total. The van der Waals surface area contributed by atoms with E-state index in [1.165, 1.54) is 6.42 Å². The zero-order chi connectivity index (χ0) is 16.4. The fraction of sp³-hybridized carbons (Fsp3) is 0.684. The molecule has 2 fully saturated rings. The molecule has 0 aromatic heterocycles. The van der Waals surface area contributed by atoms with Crippen molar-refractivity contribution in [2.45, 2.75) is 51.9 Å². The first-order valence-corrected chi connectivity index (χ1v) is 8.71. The Morgan fingerprint density at radius 2 is 2.26 bits per heavy atom. The number of aliphatic hydroxyl groups is 1. The van der Waals surface area contributed by atoms with Crippen molar-refractivity contribution in [1.82, 2.24) is 5.32 Å². The van der Waals surface area contributed by atoms with E-state index in [1.54, 1.807) is 0 Å². The Morgan fingerprint density at radius 1 is 1.43 bits per heavy atom. The van der Waals surface area contributed by atoms with E-state index in [-0.39, 0.29) is 5.41 Å². The molecule has 3 rings (SSSR count). The molecule has 0 spiro atoms. The van der Waals surface area contributed by atoms with E-state index in [9.17, 15) is 5.11 Å². The fourth-order valence-corrected chi connectivity index (χ4v) is 4.16. The average Bonchev–Trinajstić information content (AvgIpc) is 2.53. The summed E-state index contributed by atoms with van der Waals surface area (Å²) in [6.45, 7) is 8.31. The lowest BCUT2D eigenvalue weighted by molar-refractivity contribution is -0.193. The predicted octanol–water partition coefficient (Wildman–Crippen LogP) is 2.53. The van der Waals surface area contributed by atoms with Crippen LogP contribution in [0.3, 0.4) is 0 Å². The van der Waals surface area contributed by atoms with Crippen molar-refractivity contribution in [1.29, 1.82) is 0 Å². The van der Waals surface area contributed by atoms with E-state index < -0.39 is 6.10 Å². The van der Waals surface area contributed by atoms with Gasteiger partial charge in [0.2, 0.25) is 0 Å². The number of nitrogens with one attached hydrogen (secondary N) is 1. The van der Waals surface area contributed by atoms with E-state index in [2.05, 4.69) is 19.2 Å². The normalized spacial score (nSPS) is 30.2. The van der Waals surface area contributed by atoms with Gasteiger partial charge in [-0.15, -0.1) is 0 Å². The van der Waals surface area contributed by atoms with Gasteiger partial charge in [0.1, 0.15) is 18.5 Å². The maximum Gasteiger partial charge on any atom is 0.119 e. The molecule has 0 bridgehead atoms. The molecule has 4 atom stereocenters. The van der Waals surface area contributed by atoms with Gasteiger partial charge in [-0.1, -0.05) is 26.0 Å². The molecule has 1 heterocycles. The van der Waals surface area contributed by atoms with Crippen LogP contribution in [0.15, 0.2) is 24.3 Å². The number of aryl methyl sites for hydroxylation is 1. The molecule has 1 aromatic rings. The van der Waals surface area contributed by atoms with Gasteiger partial charge in [0.25, 0.3) is 0 Å². The van der Waals surface area contributed by atoms with Crippen LogP contribution in [0.25, 0.3) is 0 Å². The minimum absolute atomic E-state index is 0.141. The van der Waals surface area contributed by atoms with Crippen LogP contribution in [0.1, 0.15) is 32.3 Å². The lowest BCUT2D eigenvalue weighted by atomic mass is 9.55. The largest absolute Gasteiger partial charge is 0.491 e. The number of fused-ring (bicyclic) bond motifs is 1. The van der Waals surface area contributed by atoms with Crippen LogP contribution in [0.2, 0.25) is 0 Å². The zero-order valence-corrected chi connectivity index (χ0v) is 14.4. The van der Waals surface area contributed by atoms with Gasteiger partial charge in [-0.3, -0.25) is 0 Å². The van der Waals surface area contributed by atoms with E-state index in [0.29, 0.717) is 31.2 Å². The molecule has 4 nitrogen and oxygen atoms in total. The first-order chi connectivity index (χ1) is 11.0. The first-order valence-electron chi connectivity index (χ1n) is 8.71. The Morgan fingerprint density at radius 3 is 3.04 bits per heavy atom. The smallest absolute Gasteiger partial charge is 0.119 e. The van der Waals surface area contributed by atoms with Crippen molar-refractivity contribution in [2.75, 3.05) is 19.8 Å². The first kappa shape index (κ1) is 16.7. The molecular weight excluding hydrogens is 290 g/mol. The van der Waals surface area contributed by atoms with Gasteiger partial charge in [0.05, 0.1) is 6.10 Å². The van der Waals surface area contributed by atoms with Crippen LogP contribution < -0.4 is 10.1 Å². The lowest BCUT2D eigenvalue weighted by Crippen LogP contribution is -2.69. The van der Waals surface area contributed by atoms with Gasteiger partial charge in [0.15, 0.2) is 0 Å². The summed E-state index contributed by atoms with van der Waals surface area (Å²) in [7, 11) is 0. The Kier molecular flexibility index (Phi) is 4.95. The van der Waals surface area contributed by atoms with Crippen molar-refractivity contribution in [2.24, 2.45) is 11.3 Å². The second kappa shape index (κ2) is 6.80. The van der Waals surface area contributed by atoms with Gasteiger partial charge in [-0.2, -0.15) is 0 Å². The molecule has 0 amide bonds. The molecule has 1 aliphatic heterocycles. The van der Waals surface area contributed by atoms with Crippen LogP contribution >= 0.6 is 0 Å². The molecule has 1 saturated heterocycles. The number of hydrogen-bond donors (Lipinski definition) is 2. The summed E-state index contributed by atoms with van der Waals surface area (Å²) >= 11 is 0. The zero-order valence-electron chi connectivity index (χ0n) is 14.4. The van der Waals surface area contributed by atoms with Gasteiger partial charge >= 0.3 is 0 Å². The van der Waals surface area contributed by atoms with E-state index in [0.717, 1.165) is 24.3 Å². The molecule has 0 unspecified atom stereocenters. The van der Waals surface area contributed by atoms with E-state index in [1.807, 2.05) is 31.2 Å². The number of ether oxygens (including phenoxy) is 2. The summed E-state index contributed by atoms with van der Waals surface area (Å²) in [5.41, 5.74) is 1.30. The minimum Gasteiger partial charge on any atom is -0.491 e. The summed E-state index contributed by atoms with van der Waals surface area (Å²) in [5.74, 6) is 1.40. The van der Waals surface area contributed by atoms with Crippen molar-refractivity contribution in [3.63, 3.8) is 0 Å². The average molecular weight is 319 g/mol. The highest BCUT2D eigenvalue weighted by molar-refractivity contribution is 5.27. The van der Waals surface area contributed by atoms with Crippen LogP contribution in [-0.4, -0.2) is 43.1 Å². The summed E-state index contributed by atoms with van der Waals surface area (Å²) in [5, 5.41) is 13.7. The van der Waals surface area contributed by atoms with Crippen LogP contribution in [0.5, 0.6) is 5.75 Å². The molecule has 2 aliphatic rings. The molecule has 0 radical (unpaired) electrons. The second-order valence-corrected chi connectivity index (χ2v) is 7.59. The fourth-order valence-electron chi connectivity index (χ4n) is 4.16. The van der Waals surface area contributed by atoms with Gasteiger partial charge < -0.3 is 19.9 Å². The minimum atomic E-state index is -0.505. The standard InChI is InChI=1S/C19H29NO3/c1-13-6-4-7-15(10-13)23-12-14(21)11-20-17-16-8-5-9-22-18(16)19(17,2)3/h4,6-7,10,14,16-18,20-21H,5,8-9,11-12H2,1-3H3/t14-,16-,17-,18+/m1/s1. The second-order valence-electron chi connectivity index (χ2n) is 7.59. The number of benzene rings is 1. The van der Waals surface area contributed by atoms with Crippen molar-refractivity contribution in [3.05, 3.63) is 29.8 Å². The topological polar surface area (TPSA) is 50.7 Å². The highest BCUT2D eigenvalue weighted by atomic mass is 16.5. The SMILES string of the molecule is Cc1cccc(OC[C@H](O)CN[C@@H]2[C@H]3CCCO[C@@H]3C2(C)C)c1. The quantitative estimate of drug-likeness (QED) is 0.846. The summed E-state index contributed by atoms with van der Waals surface area (Å²) in [6.07, 6.45) is 2.24. The number of aliphatic hydroxyl groups excluding tert-OH is 1. The Labute approximate surface area is 139 Å². The maximum atomic E-state index is 10.2. The third-order valence-corrected chi connectivity index (χ3v) is 5.34. The van der Waals surface area contributed by atoms with Crippen LogP contribution in [0.4, 0.5) is 0 Å². The van der Waals surface area contributed by atoms with E-state index >= 15 is 0 Å². The molecule has 1 aliphatic carbocycles. The van der Waals surface area contributed by atoms with Gasteiger partial charge in [-0.25, -0.2) is 0 Å². The summed E-state index contributed by atoms with van der Waals surface area (Å²) in [4.78, 5) is 0. The summed E-state index contributed by atoms with van der Waals surface area (Å²) in [6, 6.07) is 8.33. The molecular formula is C19H29NO3. The number of rotatable bonds is 6. The highest BCUT2D eigenvalue weighted by Crippen LogP contribution is 2.51. The predicted molar refractivity (Wildman–Crippen MR) is 90.7 cm³/mol. The third kappa shape index (κ3) is 3.54. The molecule has 23 heavy (non-hydrogen) atoms. The van der Waals surface area contributed by atoms with Crippen LogP contribution in [0, 0.1) is 18.3 Å². The molecule has 4 heteroatoms. The van der Waals surface area contributed by atoms with Crippen molar-refractivity contribution >= 4 is 0 Å². The van der Waals surface area contributed by atoms with Gasteiger partial charge in [-0.05, 0) is 37.5 Å². The van der Waals surface area contributed by atoms with E-state index in [4.69, 9.17) is 9.47 Å². The number of hydrogen-bond acceptors (Lipinski definition) is 4. The maximum absolute atomic E-state index is 10.2. The highest BCUT2D eigenvalue weighted by Gasteiger charge is 2.57. The Balaban J connectivity index is 1.44. The molecule has 128 valence electrons.